The first-order valence-electron chi connectivity index (χ1n) is 9.09. The summed E-state index contributed by atoms with van der Waals surface area (Å²) in [7, 11) is 0. The zero-order chi connectivity index (χ0) is 16.1. The molecule has 136 valence electrons. The number of nitrogens with one attached hydrogen (secondary N) is 1. The number of rotatable bonds is 6. The van der Waals surface area contributed by atoms with Gasteiger partial charge >= 0.3 is 0 Å². The van der Waals surface area contributed by atoms with E-state index in [0.717, 1.165) is 38.0 Å². The van der Waals surface area contributed by atoms with E-state index in [-0.39, 0.29) is 12.4 Å². The van der Waals surface area contributed by atoms with Crippen molar-refractivity contribution in [2.45, 2.75) is 32.9 Å². The standard InChI is InChI=1S/C19H31N3O.ClH/c1-16(2)15-23-19-5-3-4-17(12-19)13-21-9-6-18(14-21)22-10-7-20-8-11-22;/h3-5,12,16,18,20H,6-11,13-15H2,1-2H3;1H. The highest BCUT2D eigenvalue weighted by Gasteiger charge is 2.28. The van der Waals surface area contributed by atoms with Gasteiger partial charge in [-0.3, -0.25) is 9.80 Å². The topological polar surface area (TPSA) is 27.7 Å². The van der Waals surface area contributed by atoms with Gasteiger partial charge in [-0.1, -0.05) is 26.0 Å². The average molecular weight is 354 g/mol. The van der Waals surface area contributed by atoms with Gasteiger partial charge in [-0.05, 0) is 30.0 Å². The van der Waals surface area contributed by atoms with Crippen molar-refractivity contribution in [1.29, 1.82) is 0 Å². The zero-order valence-electron chi connectivity index (χ0n) is 15.0. The molecular weight excluding hydrogens is 322 g/mol. The molecule has 0 amide bonds. The van der Waals surface area contributed by atoms with Gasteiger partial charge in [-0.2, -0.15) is 0 Å². The van der Waals surface area contributed by atoms with Crippen molar-refractivity contribution >= 4 is 12.4 Å². The molecule has 2 fully saturated rings. The first-order valence-corrected chi connectivity index (χ1v) is 9.09. The van der Waals surface area contributed by atoms with E-state index in [1.54, 1.807) is 0 Å². The minimum Gasteiger partial charge on any atom is -0.493 e. The molecule has 4 nitrogen and oxygen atoms in total. The molecule has 2 aliphatic heterocycles. The first-order chi connectivity index (χ1) is 11.2. The van der Waals surface area contributed by atoms with Crippen molar-refractivity contribution in [3.05, 3.63) is 29.8 Å². The fourth-order valence-corrected chi connectivity index (χ4v) is 3.56. The maximum atomic E-state index is 5.86. The van der Waals surface area contributed by atoms with E-state index in [0.29, 0.717) is 5.92 Å². The molecule has 1 aromatic carbocycles. The molecule has 0 aromatic heterocycles. The predicted molar refractivity (Wildman–Crippen MR) is 102 cm³/mol. The Morgan fingerprint density at radius 2 is 2.00 bits per heavy atom. The fourth-order valence-electron chi connectivity index (χ4n) is 3.56. The Labute approximate surface area is 153 Å². The summed E-state index contributed by atoms with van der Waals surface area (Å²) in [4.78, 5) is 5.26. The van der Waals surface area contributed by atoms with Gasteiger partial charge in [0.05, 0.1) is 6.61 Å². The molecular formula is C19H32ClN3O. The molecule has 0 bridgehead atoms. The van der Waals surface area contributed by atoms with Crippen LogP contribution in [0.2, 0.25) is 0 Å². The molecule has 2 aliphatic rings. The molecule has 2 heterocycles. The van der Waals surface area contributed by atoms with Crippen LogP contribution >= 0.6 is 12.4 Å². The monoisotopic (exact) mass is 353 g/mol. The Kier molecular flexibility index (Phi) is 7.82. The molecule has 5 heteroatoms. The van der Waals surface area contributed by atoms with E-state index in [9.17, 15) is 0 Å². The summed E-state index contributed by atoms with van der Waals surface area (Å²) in [6.07, 6.45) is 1.31. The van der Waals surface area contributed by atoms with Crippen molar-refractivity contribution in [2.24, 2.45) is 5.92 Å². The highest BCUT2D eigenvalue weighted by Crippen LogP contribution is 2.21. The van der Waals surface area contributed by atoms with E-state index >= 15 is 0 Å². The average Bonchev–Trinajstić information content (AvgIpc) is 3.03. The van der Waals surface area contributed by atoms with Crippen molar-refractivity contribution in [2.75, 3.05) is 45.9 Å². The number of piperazine rings is 1. The van der Waals surface area contributed by atoms with Crippen molar-refractivity contribution in [3.8, 4) is 5.75 Å². The second kappa shape index (κ2) is 9.62. The highest BCUT2D eigenvalue weighted by molar-refractivity contribution is 5.85. The van der Waals surface area contributed by atoms with Crippen LogP contribution in [0.4, 0.5) is 0 Å². The van der Waals surface area contributed by atoms with E-state index < -0.39 is 0 Å². The van der Waals surface area contributed by atoms with E-state index in [4.69, 9.17) is 4.74 Å². The molecule has 1 atom stereocenters. The molecule has 0 radical (unpaired) electrons. The largest absolute Gasteiger partial charge is 0.493 e. The normalized spacial score (nSPS) is 22.5. The van der Waals surface area contributed by atoms with E-state index in [1.165, 1.54) is 38.2 Å². The number of benzene rings is 1. The number of nitrogens with zero attached hydrogens (tertiary/aromatic N) is 2. The Morgan fingerprint density at radius 3 is 2.75 bits per heavy atom. The van der Waals surface area contributed by atoms with Crippen LogP contribution in [0.25, 0.3) is 0 Å². The van der Waals surface area contributed by atoms with Gasteiger partial charge in [0, 0.05) is 51.9 Å². The van der Waals surface area contributed by atoms with Gasteiger partial charge in [-0.25, -0.2) is 0 Å². The summed E-state index contributed by atoms with van der Waals surface area (Å²) in [5.74, 6) is 1.58. The summed E-state index contributed by atoms with van der Waals surface area (Å²) in [5.41, 5.74) is 1.37. The predicted octanol–water partition coefficient (Wildman–Crippen LogP) is 2.62. The highest BCUT2D eigenvalue weighted by atomic mass is 35.5. The summed E-state index contributed by atoms with van der Waals surface area (Å²) in [6.45, 7) is 13.3. The van der Waals surface area contributed by atoms with Crippen molar-refractivity contribution in [1.82, 2.24) is 15.1 Å². The number of likely N-dealkylation sites (tertiary alicyclic amines) is 1. The molecule has 1 aromatic rings. The van der Waals surface area contributed by atoms with E-state index in [2.05, 4.69) is 53.2 Å². The second-order valence-corrected chi connectivity index (χ2v) is 7.32. The van der Waals surface area contributed by atoms with Gasteiger partial charge < -0.3 is 10.1 Å². The molecule has 0 saturated carbocycles. The summed E-state index contributed by atoms with van der Waals surface area (Å²) in [6, 6.07) is 9.37. The Bertz CT molecular complexity index is 491. The Balaban J connectivity index is 0.00000208. The van der Waals surface area contributed by atoms with Crippen LogP contribution < -0.4 is 10.1 Å². The first kappa shape index (κ1) is 19.5. The van der Waals surface area contributed by atoms with Crippen LogP contribution in [0.1, 0.15) is 25.8 Å². The lowest BCUT2D eigenvalue weighted by molar-refractivity contribution is 0.170. The van der Waals surface area contributed by atoms with Crippen molar-refractivity contribution < 1.29 is 4.74 Å². The minimum atomic E-state index is 0. The molecule has 0 spiro atoms. The molecule has 1 unspecified atom stereocenters. The summed E-state index contributed by atoms with van der Waals surface area (Å²) >= 11 is 0. The van der Waals surface area contributed by atoms with Crippen LogP contribution in [-0.2, 0) is 6.54 Å². The van der Waals surface area contributed by atoms with Gasteiger partial charge in [0.25, 0.3) is 0 Å². The molecule has 24 heavy (non-hydrogen) atoms. The molecule has 1 N–H and O–H groups in total. The Hall–Kier alpha value is -0.810. The van der Waals surface area contributed by atoms with Crippen LogP contribution in [-0.4, -0.2) is 61.7 Å². The SMILES string of the molecule is CC(C)COc1cccc(CN2CCC(N3CCNCC3)C2)c1.Cl. The third-order valence-electron chi connectivity index (χ3n) is 4.80. The lowest BCUT2D eigenvalue weighted by Gasteiger charge is -2.32. The Morgan fingerprint density at radius 1 is 1.21 bits per heavy atom. The maximum absolute atomic E-state index is 5.86. The second-order valence-electron chi connectivity index (χ2n) is 7.32. The van der Waals surface area contributed by atoms with Crippen LogP contribution in [0.5, 0.6) is 5.75 Å². The van der Waals surface area contributed by atoms with Crippen LogP contribution in [0, 0.1) is 5.92 Å². The van der Waals surface area contributed by atoms with Crippen LogP contribution in [0.3, 0.4) is 0 Å². The number of hydrogen-bond donors (Lipinski definition) is 1. The van der Waals surface area contributed by atoms with Gasteiger partial charge in [0.15, 0.2) is 0 Å². The summed E-state index contributed by atoms with van der Waals surface area (Å²) in [5, 5.41) is 3.45. The number of hydrogen-bond acceptors (Lipinski definition) is 4. The smallest absolute Gasteiger partial charge is 0.119 e. The minimum absolute atomic E-state index is 0. The lowest BCUT2D eigenvalue weighted by atomic mass is 10.2. The quantitative estimate of drug-likeness (QED) is 0.850. The molecule has 2 saturated heterocycles. The fraction of sp³-hybridized carbons (Fsp3) is 0.684. The molecule has 3 rings (SSSR count). The van der Waals surface area contributed by atoms with E-state index in [1.807, 2.05) is 0 Å². The van der Waals surface area contributed by atoms with Crippen molar-refractivity contribution in [3.63, 3.8) is 0 Å². The van der Waals surface area contributed by atoms with Gasteiger partial charge in [0.2, 0.25) is 0 Å². The van der Waals surface area contributed by atoms with Gasteiger partial charge in [0.1, 0.15) is 5.75 Å². The lowest BCUT2D eigenvalue weighted by Crippen LogP contribution is -2.49. The number of halogens is 1. The van der Waals surface area contributed by atoms with Crippen LogP contribution in [0.15, 0.2) is 24.3 Å². The third-order valence-corrected chi connectivity index (χ3v) is 4.80. The molecule has 0 aliphatic carbocycles. The van der Waals surface area contributed by atoms with Gasteiger partial charge in [-0.15, -0.1) is 12.4 Å². The number of ether oxygens (including phenoxy) is 1. The summed E-state index contributed by atoms with van der Waals surface area (Å²) < 4.78 is 5.86. The zero-order valence-corrected chi connectivity index (χ0v) is 15.9. The third kappa shape index (κ3) is 5.62. The maximum Gasteiger partial charge on any atom is 0.119 e.